The fourth-order valence-corrected chi connectivity index (χ4v) is 3.82. The van der Waals surface area contributed by atoms with Gasteiger partial charge in [-0.05, 0) is 28.7 Å². The number of benzene rings is 3. The molecule has 24 heavy (non-hydrogen) atoms. The third-order valence-electron chi connectivity index (χ3n) is 4.07. The minimum atomic E-state index is -0.432. The predicted octanol–water partition coefficient (Wildman–Crippen LogP) is 4.58. The third kappa shape index (κ3) is 2.25. The van der Waals surface area contributed by atoms with Crippen LogP contribution in [-0.2, 0) is 0 Å². The molecule has 4 aromatic rings. The fraction of sp³-hybridized carbons (Fsp3) is 0.0526. The highest BCUT2D eigenvalue weighted by atomic mass is 32.2. The van der Waals surface area contributed by atoms with Crippen LogP contribution >= 0.6 is 11.8 Å². The molecule has 118 valence electrons. The third-order valence-corrected chi connectivity index (χ3v) is 4.92. The predicted molar refractivity (Wildman–Crippen MR) is 97.6 cm³/mol. The molecule has 0 saturated carbocycles. The van der Waals surface area contributed by atoms with Crippen LogP contribution in [0.1, 0.15) is 0 Å². The van der Waals surface area contributed by atoms with Crippen molar-refractivity contribution in [1.29, 1.82) is 0 Å². The van der Waals surface area contributed by atoms with Crippen LogP contribution in [0.3, 0.4) is 0 Å². The van der Waals surface area contributed by atoms with Crippen molar-refractivity contribution in [1.82, 2.24) is 9.97 Å². The summed E-state index contributed by atoms with van der Waals surface area (Å²) in [6, 6.07) is 17.5. The number of aromatic nitrogens is 2. The van der Waals surface area contributed by atoms with E-state index in [-0.39, 0.29) is 5.88 Å². The highest BCUT2D eigenvalue weighted by molar-refractivity contribution is 7.99. The van der Waals surface area contributed by atoms with Gasteiger partial charge in [-0.15, -0.1) is 11.8 Å². The summed E-state index contributed by atoms with van der Waals surface area (Å²) in [6.45, 7) is 0. The number of thioether (sulfide) groups is 1. The van der Waals surface area contributed by atoms with Crippen LogP contribution in [0.25, 0.3) is 32.8 Å². The first-order chi connectivity index (χ1) is 11.7. The van der Waals surface area contributed by atoms with Crippen LogP contribution in [-0.4, -0.2) is 26.4 Å². The van der Waals surface area contributed by atoms with E-state index in [1.54, 1.807) is 17.8 Å². The lowest BCUT2D eigenvalue weighted by atomic mass is 9.99. The van der Waals surface area contributed by atoms with Crippen molar-refractivity contribution in [2.24, 2.45) is 0 Å². The number of fused-ring (bicyclic) bond motifs is 2. The van der Waals surface area contributed by atoms with E-state index >= 15 is 0 Å². The Labute approximate surface area is 142 Å². The summed E-state index contributed by atoms with van der Waals surface area (Å²) in [6.07, 6.45) is 2.04. The van der Waals surface area contributed by atoms with E-state index in [1.807, 2.05) is 30.5 Å². The largest absolute Gasteiger partial charge is 0.493 e. The maximum absolute atomic E-state index is 10.0. The average Bonchev–Trinajstić information content (AvgIpc) is 2.60. The maximum atomic E-state index is 10.0. The number of hydrogen-bond donors (Lipinski definition) is 2. The second kappa shape index (κ2) is 5.69. The first-order valence-electron chi connectivity index (χ1n) is 7.44. The molecule has 3 aromatic carbocycles. The summed E-state index contributed by atoms with van der Waals surface area (Å²) in [5.74, 6) is -0.217. The normalized spacial score (nSPS) is 11.2. The van der Waals surface area contributed by atoms with E-state index < -0.39 is 6.01 Å². The Morgan fingerprint density at radius 1 is 0.792 bits per heavy atom. The molecule has 0 aliphatic rings. The van der Waals surface area contributed by atoms with E-state index in [0.29, 0.717) is 10.9 Å². The number of hydrogen-bond acceptors (Lipinski definition) is 5. The summed E-state index contributed by atoms with van der Waals surface area (Å²) < 4.78 is 0. The molecule has 1 aromatic heterocycles. The number of nitrogens with zero attached hydrogens (tertiary/aromatic N) is 2. The Hall–Kier alpha value is -2.79. The van der Waals surface area contributed by atoms with E-state index in [9.17, 15) is 10.2 Å². The molecule has 2 N–H and O–H groups in total. The molecule has 0 radical (unpaired) electrons. The molecule has 0 spiro atoms. The van der Waals surface area contributed by atoms with E-state index in [1.165, 1.54) is 10.8 Å². The van der Waals surface area contributed by atoms with E-state index in [4.69, 9.17) is 0 Å². The molecule has 0 aliphatic carbocycles. The average molecular weight is 334 g/mol. The van der Waals surface area contributed by atoms with Crippen LogP contribution in [0.5, 0.6) is 11.9 Å². The van der Waals surface area contributed by atoms with Crippen molar-refractivity contribution < 1.29 is 10.2 Å². The Balaban J connectivity index is 2.10. The van der Waals surface area contributed by atoms with Gasteiger partial charge in [0.25, 0.3) is 0 Å². The zero-order valence-electron chi connectivity index (χ0n) is 12.9. The Bertz CT molecular complexity index is 1080. The second-order valence-corrected chi connectivity index (χ2v) is 6.23. The standard InChI is InChI=1S/C19H14N2O2S/c1-24-17-12-6-3-2-5-11(12)9-10-14(17)13-7-4-8-15-16(13)20-19(23)21-18(15)22/h2-10H,1H3,(H2,20,21,22,23). The van der Waals surface area contributed by atoms with Gasteiger partial charge in [-0.1, -0.05) is 48.5 Å². The summed E-state index contributed by atoms with van der Waals surface area (Å²) >= 11 is 1.67. The molecule has 4 nitrogen and oxygen atoms in total. The second-order valence-electron chi connectivity index (χ2n) is 5.42. The van der Waals surface area contributed by atoms with Gasteiger partial charge in [0.1, 0.15) is 0 Å². The van der Waals surface area contributed by atoms with Crippen molar-refractivity contribution in [3.05, 3.63) is 54.6 Å². The van der Waals surface area contributed by atoms with Crippen LogP contribution in [0.15, 0.2) is 59.5 Å². The monoisotopic (exact) mass is 334 g/mol. The lowest BCUT2D eigenvalue weighted by Gasteiger charge is -2.13. The first kappa shape index (κ1) is 14.8. The molecule has 0 aliphatic heterocycles. The van der Waals surface area contributed by atoms with Crippen molar-refractivity contribution in [2.45, 2.75) is 4.90 Å². The quantitative estimate of drug-likeness (QED) is 0.525. The topological polar surface area (TPSA) is 66.2 Å². The van der Waals surface area contributed by atoms with Gasteiger partial charge in [-0.2, -0.15) is 9.97 Å². The molecule has 0 bridgehead atoms. The zero-order valence-corrected chi connectivity index (χ0v) is 13.7. The van der Waals surface area contributed by atoms with E-state index in [0.717, 1.165) is 16.0 Å². The van der Waals surface area contributed by atoms with Gasteiger partial charge in [0, 0.05) is 10.5 Å². The fourth-order valence-electron chi connectivity index (χ4n) is 3.02. The van der Waals surface area contributed by atoms with Gasteiger partial charge in [0.15, 0.2) is 0 Å². The summed E-state index contributed by atoms with van der Waals surface area (Å²) in [4.78, 5) is 8.90. The minimum Gasteiger partial charge on any atom is -0.493 e. The molecule has 0 fully saturated rings. The molecule has 0 saturated heterocycles. The van der Waals surface area contributed by atoms with Gasteiger partial charge in [-0.3, -0.25) is 0 Å². The Morgan fingerprint density at radius 2 is 1.58 bits per heavy atom. The smallest absolute Gasteiger partial charge is 0.317 e. The SMILES string of the molecule is CSc1c(-c2cccc3c(O)nc(O)nc23)ccc2ccccc12. The van der Waals surface area contributed by atoms with Crippen LogP contribution in [0.4, 0.5) is 0 Å². The molecule has 5 heteroatoms. The van der Waals surface area contributed by atoms with Crippen molar-refractivity contribution in [3.8, 4) is 23.0 Å². The van der Waals surface area contributed by atoms with Crippen molar-refractivity contribution in [2.75, 3.05) is 6.26 Å². The summed E-state index contributed by atoms with van der Waals surface area (Å²) in [5, 5.41) is 22.6. The van der Waals surface area contributed by atoms with E-state index in [2.05, 4.69) is 34.2 Å². The molecule has 1 heterocycles. The van der Waals surface area contributed by atoms with Crippen LogP contribution < -0.4 is 0 Å². The van der Waals surface area contributed by atoms with Crippen LogP contribution in [0, 0.1) is 0 Å². The lowest BCUT2D eigenvalue weighted by molar-refractivity contribution is 0.403. The highest BCUT2D eigenvalue weighted by Crippen LogP contribution is 2.40. The number of rotatable bonds is 2. The first-order valence-corrected chi connectivity index (χ1v) is 8.66. The van der Waals surface area contributed by atoms with Gasteiger partial charge in [0.05, 0.1) is 10.9 Å². The van der Waals surface area contributed by atoms with Gasteiger partial charge in [-0.25, -0.2) is 0 Å². The summed E-state index contributed by atoms with van der Waals surface area (Å²) in [7, 11) is 0. The van der Waals surface area contributed by atoms with Gasteiger partial charge in [0.2, 0.25) is 5.88 Å². The number of para-hydroxylation sites is 1. The lowest BCUT2D eigenvalue weighted by Crippen LogP contribution is -1.91. The number of aromatic hydroxyl groups is 2. The molecule has 0 unspecified atom stereocenters. The molecule has 0 amide bonds. The molecular formula is C19H14N2O2S. The molecule has 0 atom stereocenters. The zero-order chi connectivity index (χ0) is 16.7. The van der Waals surface area contributed by atoms with Gasteiger partial charge < -0.3 is 10.2 Å². The molecular weight excluding hydrogens is 320 g/mol. The Morgan fingerprint density at radius 3 is 2.42 bits per heavy atom. The van der Waals surface area contributed by atoms with Crippen molar-refractivity contribution >= 4 is 33.4 Å². The van der Waals surface area contributed by atoms with Gasteiger partial charge >= 0.3 is 6.01 Å². The van der Waals surface area contributed by atoms with Crippen molar-refractivity contribution in [3.63, 3.8) is 0 Å². The van der Waals surface area contributed by atoms with Crippen LogP contribution in [0.2, 0.25) is 0 Å². The molecule has 4 rings (SSSR count). The Kier molecular flexibility index (Phi) is 3.50. The minimum absolute atomic E-state index is 0.217. The maximum Gasteiger partial charge on any atom is 0.317 e. The summed E-state index contributed by atoms with van der Waals surface area (Å²) in [5.41, 5.74) is 2.41. The highest BCUT2D eigenvalue weighted by Gasteiger charge is 2.15.